The molecule has 1 aliphatic rings. The van der Waals surface area contributed by atoms with Gasteiger partial charge in [0.15, 0.2) is 17.1 Å². The molecule has 0 bridgehead atoms. The van der Waals surface area contributed by atoms with Crippen LogP contribution in [0.25, 0.3) is 4.91 Å². The molecule has 7 heteroatoms. The number of hydrogen-bond acceptors (Lipinski definition) is 6. The number of hydrogen-bond donors (Lipinski definition) is 2. The summed E-state index contributed by atoms with van der Waals surface area (Å²) in [6.07, 6.45) is 7.00. The number of aldehydes is 1. The van der Waals surface area contributed by atoms with Crippen LogP contribution < -0.4 is 4.74 Å². The molecule has 2 heterocycles. The van der Waals surface area contributed by atoms with Gasteiger partial charge in [0.05, 0.1) is 17.3 Å². The van der Waals surface area contributed by atoms with Gasteiger partial charge in [0.1, 0.15) is 0 Å². The number of carbonyl (C=O) groups excluding carboxylic acids is 1. The van der Waals surface area contributed by atoms with E-state index in [-0.39, 0.29) is 0 Å². The number of nitrogens with zero attached hydrogens (tertiary/aromatic N) is 2. The first-order chi connectivity index (χ1) is 10.1. The van der Waals surface area contributed by atoms with Gasteiger partial charge in [-0.15, -0.1) is 12.6 Å². The maximum absolute atomic E-state index is 11.3. The van der Waals surface area contributed by atoms with Gasteiger partial charge >= 0.3 is 0 Å². The fourth-order valence-electron chi connectivity index (χ4n) is 2.35. The van der Waals surface area contributed by atoms with Crippen LogP contribution in [0.5, 0.6) is 10.8 Å². The second-order valence-corrected chi connectivity index (χ2v) is 6.16. The summed E-state index contributed by atoms with van der Waals surface area (Å²) in [5.41, 5.74) is 2.65. The van der Waals surface area contributed by atoms with Gasteiger partial charge in [0, 0.05) is 23.7 Å². The van der Waals surface area contributed by atoms with Crippen LogP contribution in [0.1, 0.15) is 27.2 Å². The highest BCUT2D eigenvalue weighted by Gasteiger charge is 2.26. The second-order valence-electron chi connectivity index (χ2n) is 4.70. The van der Waals surface area contributed by atoms with Gasteiger partial charge in [-0.1, -0.05) is 11.3 Å². The molecule has 108 valence electrons. The Labute approximate surface area is 131 Å². The molecular formula is C14H13N3O2S2. The minimum Gasteiger partial charge on any atom is -0.443 e. The third-order valence-electron chi connectivity index (χ3n) is 3.36. The number of thiophene rings is 1. The first-order valence-corrected chi connectivity index (χ1v) is 7.60. The number of thiol groups is 1. The van der Waals surface area contributed by atoms with E-state index in [0.717, 1.165) is 40.7 Å². The Bertz CT molecular complexity index is 758. The van der Waals surface area contributed by atoms with Crippen LogP contribution >= 0.6 is 24.0 Å². The summed E-state index contributed by atoms with van der Waals surface area (Å²) in [5, 5.41) is 12.2. The lowest BCUT2D eigenvalue weighted by molar-refractivity contribution is 0.112. The van der Waals surface area contributed by atoms with Gasteiger partial charge in [-0.25, -0.2) is 0 Å². The van der Waals surface area contributed by atoms with E-state index < -0.39 is 0 Å². The number of fused-ring (bicyclic) bond motifs is 1. The molecule has 2 aromatic rings. The highest BCUT2D eigenvalue weighted by Crippen LogP contribution is 2.46. The summed E-state index contributed by atoms with van der Waals surface area (Å²) in [7, 11) is 1.81. The van der Waals surface area contributed by atoms with Gasteiger partial charge < -0.3 is 10.1 Å². The van der Waals surface area contributed by atoms with Crippen molar-refractivity contribution >= 4 is 41.4 Å². The number of carbonyl (C=O) groups is 1. The maximum Gasteiger partial charge on any atom is 0.190 e. The third-order valence-corrected chi connectivity index (χ3v) is 4.91. The van der Waals surface area contributed by atoms with Gasteiger partial charge in [0.25, 0.3) is 0 Å². The summed E-state index contributed by atoms with van der Waals surface area (Å²) in [4.78, 5) is 12.6. The molecule has 0 aliphatic heterocycles. The Morgan fingerprint density at radius 1 is 1.52 bits per heavy atom. The Morgan fingerprint density at radius 3 is 2.95 bits per heavy atom. The van der Waals surface area contributed by atoms with Gasteiger partial charge in [-0.05, 0) is 24.0 Å². The van der Waals surface area contributed by atoms with Crippen LogP contribution in [0.3, 0.4) is 0 Å². The van der Waals surface area contributed by atoms with E-state index in [1.54, 1.807) is 17.1 Å². The number of nitrogens with one attached hydrogen (secondary N) is 1. The number of aromatic nitrogens is 2. The number of rotatable bonds is 4. The number of ether oxygens (including phenoxy) is 1. The van der Waals surface area contributed by atoms with E-state index in [1.807, 2.05) is 7.05 Å². The van der Waals surface area contributed by atoms with E-state index in [1.165, 1.54) is 17.6 Å². The summed E-state index contributed by atoms with van der Waals surface area (Å²) in [6.45, 7) is 0. The molecule has 0 atom stereocenters. The molecule has 0 unspecified atom stereocenters. The van der Waals surface area contributed by atoms with Crippen LogP contribution in [0.4, 0.5) is 0 Å². The molecule has 2 aromatic heterocycles. The Kier molecular flexibility index (Phi) is 3.69. The maximum atomic E-state index is 11.3. The van der Waals surface area contributed by atoms with Crippen molar-refractivity contribution in [3.8, 4) is 10.8 Å². The predicted molar refractivity (Wildman–Crippen MR) is 86.0 cm³/mol. The minimum absolute atomic E-state index is 0.613. The Hall–Kier alpha value is -1.86. The Morgan fingerprint density at radius 2 is 2.33 bits per heavy atom. The van der Waals surface area contributed by atoms with E-state index in [4.69, 9.17) is 10.1 Å². The molecule has 0 aromatic carbocycles. The topological polar surface area (TPSA) is 68.0 Å². The van der Waals surface area contributed by atoms with Gasteiger partial charge in [-0.2, -0.15) is 5.10 Å². The third kappa shape index (κ3) is 2.43. The second kappa shape index (κ2) is 5.50. The minimum atomic E-state index is 0.613. The van der Waals surface area contributed by atoms with Crippen molar-refractivity contribution in [2.24, 2.45) is 7.05 Å². The van der Waals surface area contributed by atoms with Gasteiger partial charge in [0.2, 0.25) is 0 Å². The average molecular weight is 319 g/mol. The lowest BCUT2D eigenvalue weighted by atomic mass is 9.94. The van der Waals surface area contributed by atoms with Crippen molar-refractivity contribution < 1.29 is 9.53 Å². The van der Waals surface area contributed by atoms with Gasteiger partial charge in [-0.3, -0.25) is 9.48 Å². The van der Waals surface area contributed by atoms with Crippen molar-refractivity contribution in [2.45, 2.75) is 12.8 Å². The van der Waals surface area contributed by atoms with Crippen molar-refractivity contribution in [3.63, 3.8) is 0 Å². The average Bonchev–Trinajstić information content (AvgIpc) is 3.04. The van der Waals surface area contributed by atoms with Crippen molar-refractivity contribution in [1.29, 1.82) is 5.41 Å². The molecule has 0 amide bonds. The first-order valence-electron chi connectivity index (χ1n) is 6.34. The molecule has 1 N–H and O–H groups in total. The molecule has 1 aliphatic carbocycles. The van der Waals surface area contributed by atoms with Crippen LogP contribution in [0, 0.1) is 5.41 Å². The van der Waals surface area contributed by atoms with E-state index in [9.17, 15) is 4.79 Å². The first kappa shape index (κ1) is 14.1. The summed E-state index contributed by atoms with van der Waals surface area (Å²) >= 11 is 5.84. The Balaban J connectivity index is 2.10. The lowest BCUT2D eigenvalue weighted by Crippen LogP contribution is -2.03. The highest BCUT2D eigenvalue weighted by atomic mass is 32.1. The highest BCUT2D eigenvalue weighted by molar-refractivity contribution is 7.90. The molecule has 0 saturated heterocycles. The summed E-state index contributed by atoms with van der Waals surface area (Å²) < 4.78 is 7.51. The van der Waals surface area contributed by atoms with Crippen LogP contribution in [-0.4, -0.2) is 22.3 Å². The summed E-state index contributed by atoms with van der Waals surface area (Å²) in [5.74, 6) is 0.613. The van der Waals surface area contributed by atoms with E-state index in [0.29, 0.717) is 15.7 Å². The molecule has 21 heavy (non-hydrogen) atoms. The number of aryl methyl sites for hydroxylation is 1. The normalized spacial score (nSPS) is 14.0. The predicted octanol–water partition coefficient (Wildman–Crippen LogP) is 3.32. The SMILES string of the molecule is Cn1cc(Oc2sc(C=O)c3c2C(S)=C(C=N)CC3)cn1. The van der Waals surface area contributed by atoms with Crippen molar-refractivity contribution in [3.05, 3.63) is 34.0 Å². The fraction of sp³-hybridized carbons (Fsp3) is 0.214. The molecule has 0 spiro atoms. The van der Waals surface area contributed by atoms with Crippen LogP contribution in [-0.2, 0) is 13.5 Å². The standard InChI is InChI=1S/C14H13N3O2S2/c1-17-6-9(5-16-17)19-14-12-10(11(7-18)21-14)3-2-8(4-15)13(12)20/h4-7,15,20H,2-3H2,1H3. The number of allylic oxidation sites excluding steroid dienone is 1. The summed E-state index contributed by atoms with van der Waals surface area (Å²) in [6, 6.07) is 0. The molecule has 0 fully saturated rings. The monoisotopic (exact) mass is 319 g/mol. The zero-order chi connectivity index (χ0) is 15.0. The van der Waals surface area contributed by atoms with Crippen molar-refractivity contribution in [2.75, 3.05) is 0 Å². The zero-order valence-corrected chi connectivity index (χ0v) is 13.0. The van der Waals surface area contributed by atoms with E-state index >= 15 is 0 Å². The molecule has 0 radical (unpaired) electrons. The van der Waals surface area contributed by atoms with Crippen molar-refractivity contribution in [1.82, 2.24) is 9.78 Å². The van der Waals surface area contributed by atoms with E-state index in [2.05, 4.69) is 17.7 Å². The molecule has 5 nitrogen and oxygen atoms in total. The van der Waals surface area contributed by atoms with Crippen LogP contribution in [0.15, 0.2) is 18.0 Å². The molecule has 0 saturated carbocycles. The quantitative estimate of drug-likeness (QED) is 0.516. The fourth-order valence-corrected chi connectivity index (χ4v) is 3.88. The molecule has 3 rings (SSSR count). The van der Waals surface area contributed by atoms with Crippen LogP contribution in [0.2, 0.25) is 0 Å². The largest absolute Gasteiger partial charge is 0.443 e. The lowest BCUT2D eigenvalue weighted by Gasteiger charge is -2.16. The zero-order valence-electron chi connectivity index (χ0n) is 11.3. The molecular weight excluding hydrogens is 306 g/mol. The smallest absolute Gasteiger partial charge is 0.190 e.